The van der Waals surface area contributed by atoms with Gasteiger partial charge in [0.1, 0.15) is 11.7 Å². The van der Waals surface area contributed by atoms with Crippen molar-refractivity contribution in [2.45, 2.75) is 32.4 Å². The molecule has 0 fully saturated rings. The maximum Gasteiger partial charge on any atom is 0.327 e. The molecule has 3 N–H and O–H groups in total. The van der Waals surface area contributed by atoms with Crippen LogP contribution >= 0.6 is 12.6 Å². The third-order valence-corrected chi connectivity index (χ3v) is 3.88. The number of thiol groups is 1. The molecule has 9 heteroatoms. The normalized spacial score (nSPS) is 15.8. The predicted octanol–water partition coefficient (Wildman–Crippen LogP) is 2.68. The second-order valence-electron chi connectivity index (χ2n) is 6.51. The first-order valence-corrected chi connectivity index (χ1v) is 8.17. The molecule has 1 aromatic rings. The summed E-state index contributed by atoms with van der Waals surface area (Å²) in [5.74, 6) is -1.70. The van der Waals surface area contributed by atoms with Crippen molar-refractivity contribution in [2.24, 2.45) is 10.2 Å². The summed E-state index contributed by atoms with van der Waals surface area (Å²) in [6.07, 6.45) is 1.47. The number of carboxylic acid groups (broad SMARTS) is 1. The Morgan fingerprint density at radius 1 is 1.36 bits per heavy atom. The second-order valence-corrected chi connectivity index (χ2v) is 6.87. The standard InChI is InChI=1S/C16H20N4O4S/c1-16(2,3)20(24)7-12-10-5-4-9(6-11(10)18-19-12)14(21)17-13(8-25)15(22)23/h4-7,13,24-25H,8H2,1-3H3,(H,17,21)(H,22,23). The third kappa shape index (κ3) is 4.37. The van der Waals surface area contributed by atoms with Gasteiger partial charge in [0.15, 0.2) is 0 Å². The van der Waals surface area contributed by atoms with Crippen LogP contribution in [0.5, 0.6) is 0 Å². The van der Waals surface area contributed by atoms with E-state index in [1.807, 2.05) is 20.8 Å². The highest BCUT2D eigenvalue weighted by atomic mass is 32.1. The fraction of sp³-hybridized carbons (Fsp3) is 0.375. The van der Waals surface area contributed by atoms with Gasteiger partial charge in [-0.3, -0.25) is 15.1 Å². The highest BCUT2D eigenvalue weighted by Crippen LogP contribution is 2.36. The molecule has 1 heterocycles. The zero-order valence-electron chi connectivity index (χ0n) is 14.1. The topological polar surface area (TPSA) is 115 Å². The van der Waals surface area contributed by atoms with Crippen molar-refractivity contribution in [1.82, 2.24) is 10.4 Å². The minimum atomic E-state index is -1.15. The van der Waals surface area contributed by atoms with Crippen molar-refractivity contribution < 1.29 is 19.9 Å². The number of azo groups is 1. The van der Waals surface area contributed by atoms with E-state index in [2.05, 4.69) is 28.2 Å². The average Bonchev–Trinajstić information content (AvgIpc) is 2.93. The molecule has 25 heavy (non-hydrogen) atoms. The highest BCUT2D eigenvalue weighted by Gasteiger charge is 2.23. The third-order valence-electron chi connectivity index (χ3n) is 3.52. The van der Waals surface area contributed by atoms with Crippen molar-refractivity contribution in [3.63, 3.8) is 0 Å². The molecule has 1 amide bonds. The van der Waals surface area contributed by atoms with Crippen LogP contribution in [0.3, 0.4) is 0 Å². The molecule has 1 aromatic carbocycles. The van der Waals surface area contributed by atoms with E-state index >= 15 is 0 Å². The highest BCUT2D eigenvalue weighted by molar-refractivity contribution is 7.80. The number of hydrogen-bond donors (Lipinski definition) is 4. The number of hydrogen-bond acceptors (Lipinski definition) is 7. The van der Waals surface area contributed by atoms with Gasteiger partial charge >= 0.3 is 5.97 Å². The summed E-state index contributed by atoms with van der Waals surface area (Å²) in [5, 5.41) is 30.4. The number of carboxylic acids is 1. The molecule has 8 nitrogen and oxygen atoms in total. The van der Waals surface area contributed by atoms with E-state index in [-0.39, 0.29) is 11.3 Å². The van der Waals surface area contributed by atoms with Crippen molar-refractivity contribution in [1.29, 1.82) is 0 Å². The van der Waals surface area contributed by atoms with Crippen molar-refractivity contribution in [3.05, 3.63) is 35.5 Å². The number of amides is 1. The van der Waals surface area contributed by atoms with Crippen molar-refractivity contribution in [2.75, 3.05) is 5.75 Å². The quantitative estimate of drug-likeness (QED) is 0.474. The van der Waals surface area contributed by atoms with Crippen LogP contribution in [-0.4, -0.2) is 44.6 Å². The second kappa shape index (κ2) is 7.24. The van der Waals surface area contributed by atoms with Gasteiger partial charge in [-0.1, -0.05) is 0 Å². The van der Waals surface area contributed by atoms with E-state index in [4.69, 9.17) is 5.11 Å². The van der Waals surface area contributed by atoms with E-state index < -0.39 is 23.5 Å². The van der Waals surface area contributed by atoms with Crippen molar-refractivity contribution in [3.8, 4) is 0 Å². The lowest BCUT2D eigenvalue weighted by Gasteiger charge is -2.28. The SMILES string of the molecule is CC(C)(C)N(O)C=C1N=Nc2cc(C(=O)NC(CS)C(=O)O)ccc21. The molecule has 1 aliphatic rings. The number of carbonyl (C=O) groups is 2. The lowest BCUT2D eigenvalue weighted by Crippen LogP contribution is -2.42. The Balaban J connectivity index is 2.22. The van der Waals surface area contributed by atoms with E-state index in [0.29, 0.717) is 16.9 Å². The van der Waals surface area contributed by atoms with E-state index in [9.17, 15) is 14.8 Å². The Labute approximate surface area is 150 Å². The number of hydroxylamine groups is 2. The van der Waals surface area contributed by atoms with Crippen LogP contribution < -0.4 is 5.32 Å². The number of aliphatic carboxylic acids is 1. The van der Waals surface area contributed by atoms with Crippen LogP contribution in [0, 0.1) is 0 Å². The summed E-state index contributed by atoms with van der Waals surface area (Å²) in [6, 6.07) is 3.65. The van der Waals surface area contributed by atoms with Crippen molar-refractivity contribution >= 4 is 35.9 Å². The summed E-state index contributed by atoms with van der Waals surface area (Å²) in [6.45, 7) is 5.51. The number of rotatable bonds is 5. The van der Waals surface area contributed by atoms with Gasteiger partial charge in [-0.15, -0.1) is 10.2 Å². The molecule has 0 spiro atoms. The van der Waals surface area contributed by atoms with Gasteiger partial charge in [0.25, 0.3) is 5.91 Å². The van der Waals surface area contributed by atoms with Gasteiger partial charge in [-0.05, 0) is 39.0 Å². The molecule has 1 aliphatic heterocycles. The molecule has 1 unspecified atom stereocenters. The van der Waals surface area contributed by atoms with Crippen LogP contribution in [0.25, 0.3) is 5.70 Å². The Bertz CT molecular complexity index is 755. The van der Waals surface area contributed by atoms with Gasteiger partial charge in [-0.25, -0.2) is 4.79 Å². The zero-order chi connectivity index (χ0) is 18.8. The van der Waals surface area contributed by atoms with Gasteiger partial charge in [0.05, 0.1) is 17.4 Å². The Kier molecular flexibility index (Phi) is 5.48. The molecule has 0 aliphatic carbocycles. The molecule has 0 radical (unpaired) electrons. The number of nitrogens with one attached hydrogen (secondary N) is 1. The minimum Gasteiger partial charge on any atom is -0.480 e. The number of fused-ring (bicyclic) bond motifs is 1. The molecular weight excluding hydrogens is 344 g/mol. The molecule has 0 saturated heterocycles. The molecule has 2 rings (SSSR count). The maximum absolute atomic E-state index is 12.2. The van der Waals surface area contributed by atoms with E-state index in [1.165, 1.54) is 12.3 Å². The molecule has 0 aromatic heterocycles. The molecule has 1 atom stereocenters. The van der Waals surface area contributed by atoms with E-state index in [1.54, 1.807) is 12.1 Å². The predicted molar refractivity (Wildman–Crippen MR) is 95.1 cm³/mol. The Morgan fingerprint density at radius 2 is 2.04 bits per heavy atom. The first-order valence-electron chi connectivity index (χ1n) is 7.54. The van der Waals surface area contributed by atoms with Crippen LogP contribution in [0.2, 0.25) is 0 Å². The molecular formula is C16H20N4O4S. The minimum absolute atomic E-state index is 0.0161. The zero-order valence-corrected chi connectivity index (χ0v) is 15.0. The number of nitrogens with zero attached hydrogens (tertiary/aromatic N) is 3. The fourth-order valence-corrected chi connectivity index (χ4v) is 2.21. The summed E-state index contributed by atoms with van der Waals surface area (Å²) in [5.41, 5.74) is 1.38. The molecule has 0 bridgehead atoms. The maximum atomic E-state index is 12.2. The first-order chi connectivity index (χ1) is 11.6. The first kappa shape index (κ1) is 18.9. The van der Waals surface area contributed by atoms with Crippen LogP contribution in [0.4, 0.5) is 5.69 Å². The lowest BCUT2D eigenvalue weighted by molar-refractivity contribution is -0.138. The van der Waals surface area contributed by atoms with Gasteiger partial charge in [0.2, 0.25) is 0 Å². The number of carbonyl (C=O) groups excluding carboxylic acids is 1. The van der Waals surface area contributed by atoms with Crippen LogP contribution in [0.1, 0.15) is 36.7 Å². The summed E-state index contributed by atoms with van der Waals surface area (Å²) >= 11 is 3.91. The molecule has 134 valence electrons. The van der Waals surface area contributed by atoms with Gasteiger partial charge in [0, 0.05) is 16.9 Å². The monoisotopic (exact) mass is 364 g/mol. The summed E-state index contributed by atoms with van der Waals surface area (Å²) in [4.78, 5) is 23.1. The van der Waals surface area contributed by atoms with Crippen LogP contribution in [0.15, 0.2) is 34.6 Å². The fourth-order valence-electron chi connectivity index (χ4n) is 1.97. The summed E-state index contributed by atoms with van der Waals surface area (Å²) in [7, 11) is 0. The van der Waals surface area contributed by atoms with Gasteiger partial charge in [-0.2, -0.15) is 12.6 Å². The van der Waals surface area contributed by atoms with Crippen LogP contribution in [-0.2, 0) is 4.79 Å². The Morgan fingerprint density at radius 3 is 2.60 bits per heavy atom. The summed E-state index contributed by atoms with van der Waals surface area (Å²) < 4.78 is 0. The van der Waals surface area contributed by atoms with E-state index in [0.717, 1.165) is 5.06 Å². The van der Waals surface area contributed by atoms with Gasteiger partial charge < -0.3 is 10.4 Å². The lowest BCUT2D eigenvalue weighted by atomic mass is 10.1. The smallest absolute Gasteiger partial charge is 0.327 e. The number of benzene rings is 1. The largest absolute Gasteiger partial charge is 0.480 e. The average molecular weight is 364 g/mol. The Hall–Kier alpha value is -2.39. The molecule has 0 saturated carbocycles.